The fourth-order valence-corrected chi connectivity index (χ4v) is 5.88. The minimum atomic E-state index is -3.09. The molecule has 2 aromatic carbocycles. The lowest BCUT2D eigenvalue weighted by Gasteiger charge is -2.28. The van der Waals surface area contributed by atoms with Gasteiger partial charge < -0.3 is 4.90 Å². The number of nitrogens with zero attached hydrogens (tertiary/aromatic N) is 3. The van der Waals surface area contributed by atoms with Crippen molar-refractivity contribution in [2.75, 3.05) is 17.3 Å². The maximum absolute atomic E-state index is 13.0. The van der Waals surface area contributed by atoms with E-state index in [1.165, 1.54) is 11.8 Å². The summed E-state index contributed by atoms with van der Waals surface area (Å²) in [6.45, 7) is 0.393. The maximum atomic E-state index is 13.0. The van der Waals surface area contributed by atoms with E-state index in [2.05, 4.69) is 15.2 Å². The molecule has 0 radical (unpaired) electrons. The van der Waals surface area contributed by atoms with Gasteiger partial charge in [-0.15, -0.1) is 5.10 Å². The van der Waals surface area contributed by atoms with Crippen molar-refractivity contribution in [1.82, 2.24) is 20.1 Å². The number of carbonyl (C=O) groups excluding carboxylic acids is 1. The molecule has 1 aliphatic rings. The summed E-state index contributed by atoms with van der Waals surface area (Å²) in [5.74, 6) is 0.834. The minimum Gasteiger partial charge on any atom is -0.334 e. The smallest absolute Gasteiger partial charge is 0.233 e. The third-order valence-corrected chi connectivity index (χ3v) is 7.58. The van der Waals surface area contributed by atoms with E-state index in [1.54, 1.807) is 4.90 Å². The molecular formula is C21H22N4O3S2. The molecule has 0 aliphatic carbocycles. The first-order valence-corrected chi connectivity index (χ1v) is 12.5. The molecule has 1 aromatic heterocycles. The fourth-order valence-electron chi connectivity index (χ4n) is 3.47. The summed E-state index contributed by atoms with van der Waals surface area (Å²) in [6.07, 6.45) is 0.477. The van der Waals surface area contributed by atoms with E-state index in [0.29, 0.717) is 23.9 Å². The molecule has 30 heavy (non-hydrogen) atoms. The van der Waals surface area contributed by atoms with Crippen molar-refractivity contribution in [2.24, 2.45) is 0 Å². The molecule has 2 heterocycles. The largest absolute Gasteiger partial charge is 0.334 e. The van der Waals surface area contributed by atoms with Gasteiger partial charge in [0.1, 0.15) is 0 Å². The van der Waals surface area contributed by atoms with Crippen LogP contribution in [-0.4, -0.2) is 57.7 Å². The second kappa shape index (κ2) is 9.01. The van der Waals surface area contributed by atoms with Crippen molar-refractivity contribution in [1.29, 1.82) is 0 Å². The molecule has 3 aromatic rings. The second-order valence-electron chi connectivity index (χ2n) is 7.19. The summed E-state index contributed by atoms with van der Waals surface area (Å²) in [4.78, 5) is 19.2. The molecule has 1 fully saturated rings. The van der Waals surface area contributed by atoms with Crippen LogP contribution in [0.2, 0.25) is 0 Å². The van der Waals surface area contributed by atoms with Crippen LogP contribution in [0.3, 0.4) is 0 Å². The highest BCUT2D eigenvalue weighted by Gasteiger charge is 2.34. The molecule has 0 spiro atoms. The quantitative estimate of drug-likeness (QED) is 0.565. The molecule has 0 saturated carbocycles. The van der Waals surface area contributed by atoms with Crippen LogP contribution in [0.15, 0.2) is 65.8 Å². The standard InChI is InChI=1S/C21H22N4O3S2/c26-19(14-29-21-22-20(23-24-21)17-9-5-2-6-10-17)25(13-16-7-3-1-4-8-16)18-11-12-30(27,28)15-18/h1-10,18H,11-15H2,(H,22,23,24)/t18-/m1/s1. The number of thioether (sulfide) groups is 1. The van der Waals surface area contributed by atoms with Crippen LogP contribution in [0.1, 0.15) is 12.0 Å². The lowest BCUT2D eigenvalue weighted by molar-refractivity contribution is -0.130. The van der Waals surface area contributed by atoms with Crippen LogP contribution in [-0.2, 0) is 21.2 Å². The van der Waals surface area contributed by atoms with Crippen LogP contribution in [0.25, 0.3) is 11.4 Å². The third-order valence-electron chi connectivity index (χ3n) is 5.00. The van der Waals surface area contributed by atoms with Crippen molar-refractivity contribution >= 4 is 27.5 Å². The number of hydrogen-bond acceptors (Lipinski definition) is 6. The van der Waals surface area contributed by atoms with Gasteiger partial charge in [0.2, 0.25) is 11.1 Å². The number of rotatable bonds is 7. The van der Waals surface area contributed by atoms with Gasteiger partial charge in [-0.2, -0.15) is 0 Å². The predicted octanol–water partition coefficient (Wildman–Crippen LogP) is 2.78. The SMILES string of the molecule is O=C(CSc1n[nH]c(-c2ccccc2)n1)N(Cc1ccccc1)[C@@H]1CCS(=O)(=O)C1. The molecular weight excluding hydrogens is 420 g/mol. The molecule has 0 unspecified atom stereocenters. The monoisotopic (exact) mass is 442 g/mol. The predicted molar refractivity (Wildman–Crippen MR) is 117 cm³/mol. The molecule has 0 bridgehead atoms. The van der Waals surface area contributed by atoms with Crippen molar-refractivity contribution < 1.29 is 13.2 Å². The number of carbonyl (C=O) groups is 1. The minimum absolute atomic E-state index is 0.0229. The van der Waals surface area contributed by atoms with E-state index in [1.807, 2.05) is 60.7 Å². The maximum Gasteiger partial charge on any atom is 0.233 e. The molecule has 1 amide bonds. The molecule has 9 heteroatoms. The first kappa shape index (κ1) is 20.6. The van der Waals surface area contributed by atoms with Gasteiger partial charge in [-0.05, 0) is 12.0 Å². The molecule has 1 saturated heterocycles. The number of hydrogen-bond donors (Lipinski definition) is 1. The zero-order chi connectivity index (χ0) is 21.0. The number of aromatic amines is 1. The van der Waals surface area contributed by atoms with Gasteiger partial charge in [-0.25, -0.2) is 13.4 Å². The molecule has 7 nitrogen and oxygen atoms in total. The highest BCUT2D eigenvalue weighted by Crippen LogP contribution is 2.23. The van der Waals surface area contributed by atoms with Gasteiger partial charge in [0.15, 0.2) is 15.7 Å². The van der Waals surface area contributed by atoms with Gasteiger partial charge in [0, 0.05) is 18.2 Å². The Balaban J connectivity index is 1.44. The summed E-state index contributed by atoms with van der Waals surface area (Å²) in [6, 6.07) is 19.0. The first-order valence-electron chi connectivity index (χ1n) is 9.65. The average molecular weight is 443 g/mol. The summed E-state index contributed by atoms with van der Waals surface area (Å²) in [5.41, 5.74) is 1.90. The Hall–Kier alpha value is -2.65. The van der Waals surface area contributed by atoms with Gasteiger partial charge in [-0.1, -0.05) is 72.4 Å². The topological polar surface area (TPSA) is 96.0 Å². The van der Waals surface area contributed by atoms with Crippen molar-refractivity contribution in [3.63, 3.8) is 0 Å². The van der Waals surface area contributed by atoms with E-state index < -0.39 is 9.84 Å². The van der Waals surface area contributed by atoms with Gasteiger partial charge in [0.05, 0.1) is 17.3 Å². The number of sulfone groups is 1. The molecule has 1 N–H and O–H groups in total. The Kier molecular flexibility index (Phi) is 6.19. The van der Waals surface area contributed by atoms with Crippen LogP contribution in [0.5, 0.6) is 0 Å². The molecule has 156 valence electrons. The first-order chi connectivity index (χ1) is 14.5. The highest BCUT2D eigenvalue weighted by atomic mass is 32.2. The third kappa shape index (κ3) is 5.09. The van der Waals surface area contributed by atoms with E-state index >= 15 is 0 Å². The lowest BCUT2D eigenvalue weighted by atomic mass is 10.1. The summed E-state index contributed by atoms with van der Waals surface area (Å²) < 4.78 is 23.9. The van der Waals surface area contributed by atoms with E-state index in [4.69, 9.17) is 0 Å². The van der Waals surface area contributed by atoms with E-state index in [0.717, 1.165) is 11.1 Å². The zero-order valence-electron chi connectivity index (χ0n) is 16.3. The van der Waals surface area contributed by atoms with Crippen LogP contribution >= 0.6 is 11.8 Å². The summed E-state index contributed by atoms with van der Waals surface area (Å²) in [5, 5.41) is 7.57. The number of aromatic nitrogens is 3. The number of benzene rings is 2. The molecule has 1 atom stereocenters. The summed E-state index contributed by atoms with van der Waals surface area (Å²) >= 11 is 1.25. The number of nitrogens with one attached hydrogen (secondary N) is 1. The Morgan fingerprint density at radius 2 is 1.80 bits per heavy atom. The van der Waals surface area contributed by atoms with Crippen molar-refractivity contribution in [3.8, 4) is 11.4 Å². The fraction of sp³-hybridized carbons (Fsp3) is 0.286. The van der Waals surface area contributed by atoms with E-state index in [-0.39, 0.29) is 29.2 Å². The van der Waals surface area contributed by atoms with Crippen molar-refractivity contribution in [3.05, 3.63) is 66.2 Å². The molecule has 1 aliphatic heterocycles. The number of amides is 1. The Morgan fingerprint density at radius 1 is 1.10 bits per heavy atom. The van der Waals surface area contributed by atoms with Gasteiger partial charge in [0.25, 0.3) is 0 Å². The summed E-state index contributed by atoms with van der Waals surface area (Å²) in [7, 11) is -3.09. The van der Waals surface area contributed by atoms with Crippen LogP contribution in [0.4, 0.5) is 0 Å². The zero-order valence-corrected chi connectivity index (χ0v) is 17.9. The van der Waals surface area contributed by atoms with Gasteiger partial charge in [-0.3, -0.25) is 9.89 Å². The Morgan fingerprint density at radius 3 is 2.47 bits per heavy atom. The van der Waals surface area contributed by atoms with E-state index in [9.17, 15) is 13.2 Å². The second-order valence-corrected chi connectivity index (χ2v) is 10.4. The normalized spacial score (nSPS) is 17.7. The lowest BCUT2D eigenvalue weighted by Crippen LogP contribution is -2.41. The van der Waals surface area contributed by atoms with Crippen LogP contribution < -0.4 is 0 Å². The Bertz CT molecular complexity index is 1100. The van der Waals surface area contributed by atoms with Crippen LogP contribution in [0, 0.1) is 0 Å². The molecule has 4 rings (SSSR count). The average Bonchev–Trinajstić information content (AvgIpc) is 3.38. The van der Waals surface area contributed by atoms with Gasteiger partial charge >= 0.3 is 0 Å². The number of H-pyrrole nitrogens is 1. The highest BCUT2D eigenvalue weighted by molar-refractivity contribution is 7.99. The Labute approximate surface area is 179 Å². The van der Waals surface area contributed by atoms with Crippen molar-refractivity contribution in [2.45, 2.75) is 24.2 Å².